The fourth-order valence-electron chi connectivity index (χ4n) is 4.41. The predicted octanol–water partition coefficient (Wildman–Crippen LogP) is 7.08. The van der Waals surface area contributed by atoms with Gasteiger partial charge in [-0.2, -0.15) is 4.31 Å². The van der Waals surface area contributed by atoms with Crippen LogP contribution in [0, 0.1) is 0 Å². The van der Waals surface area contributed by atoms with Gasteiger partial charge in [0.1, 0.15) is 0 Å². The van der Waals surface area contributed by atoms with Gasteiger partial charge in [0.25, 0.3) is 5.91 Å². The molecule has 5 rings (SSSR count). The van der Waals surface area contributed by atoms with Crippen LogP contribution < -0.4 is 4.90 Å². The van der Waals surface area contributed by atoms with Crippen molar-refractivity contribution in [1.29, 1.82) is 0 Å². The number of nitrogens with zero attached hydrogens (tertiary/aromatic N) is 3. The lowest BCUT2D eigenvalue weighted by Crippen LogP contribution is -2.31. The Morgan fingerprint density at radius 1 is 0.825 bits per heavy atom. The average molecular weight is 588 g/mol. The van der Waals surface area contributed by atoms with E-state index in [0.29, 0.717) is 23.8 Å². The van der Waals surface area contributed by atoms with Gasteiger partial charge in [-0.05, 0) is 53.8 Å². The van der Waals surface area contributed by atoms with E-state index < -0.39 is 10.0 Å². The lowest BCUT2D eigenvalue weighted by Gasteiger charge is -2.22. The number of para-hydroxylation sites is 1. The average Bonchev–Trinajstić information content (AvgIpc) is 3.43. The fourth-order valence-corrected chi connectivity index (χ4v) is 7.47. The summed E-state index contributed by atoms with van der Waals surface area (Å²) in [5.41, 5.74) is 3.15. The molecule has 0 bridgehead atoms. The van der Waals surface area contributed by atoms with E-state index in [-0.39, 0.29) is 17.3 Å². The maximum atomic E-state index is 13.9. The number of sulfonamides is 1. The molecule has 5 aromatic rings. The van der Waals surface area contributed by atoms with Crippen LogP contribution in [0.25, 0.3) is 10.2 Å². The molecule has 0 aliphatic heterocycles. The van der Waals surface area contributed by atoms with Gasteiger partial charge in [-0.1, -0.05) is 85.0 Å². The van der Waals surface area contributed by atoms with E-state index in [1.54, 1.807) is 28.8 Å². The molecule has 1 amide bonds. The van der Waals surface area contributed by atoms with E-state index in [2.05, 4.69) is 0 Å². The Labute approximate surface area is 243 Å². The predicted molar refractivity (Wildman–Crippen MR) is 165 cm³/mol. The first-order valence-electron chi connectivity index (χ1n) is 12.8. The minimum absolute atomic E-state index is 0.154. The van der Waals surface area contributed by atoms with Crippen LogP contribution in [0.15, 0.2) is 113 Å². The molecule has 6 nitrogen and oxygen atoms in total. The van der Waals surface area contributed by atoms with Crippen molar-refractivity contribution in [2.45, 2.75) is 29.8 Å². The smallest absolute Gasteiger partial charge is 0.260 e. The topological polar surface area (TPSA) is 70.6 Å². The van der Waals surface area contributed by atoms with Gasteiger partial charge in [-0.15, -0.1) is 11.8 Å². The number of carbonyl (C=O) groups is 1. The zero-order chi connectivity index (χ0) is 28.1. The van der Waals surface area contributed by atoms with Crippen molar-refractivity contribution in [3.8, 4) is 0 Å². The molecule has 40 heavy (non-hydrogen) atoms. The third-order valence-corrected chi connectivity index (χ3v) is 10.3. The first-order chi connectivity index (χ1) is 19.4. The summed E-state index contributed by atoms with van der Waals surface area (Å²) in [4.78, 5) is 21.6. The van der Waals surface area contributed by atoms with Crippen LogP contribution in [0.5, 0.6) is 0 Å². The molecular weight excluding hydrogens is 559 g/mol. The standard InChI is InChI=1S/C31H29N3O3S3/c1-3-33(21-23-11-6-4-7-12-23)40(36,37)26-19-17-25(18-20-26)30(35)34(22-24-13-8-5-9-14-24)31-32-29-27(38-2)15-10-16-28(29)39-31/h4-20H,3,21-22H2,1-2H3. The van der Waals surface area contributed by atoms with E-state index in [9.17, 15) is 13.2 Å². The molecular formula is C31H29N3O3S3. The molecule has 0 saturated heterocycles. The number of hydrogen-bond donors (Lipinski definition) is 0. The fraction of sp³-hybridized carbons (Fsp3) is 0.161. The summed E-state index contributed by atoms with van der Waals surface area (Å²) in [6.45, 7) is 2.77. The molecule has 9 heteroatoms. The summed E-state index contributed by atoms with van der Waals surface area (Å²) in [6.07, 6.45) is 2.01. The molecule has 0 spiro atoms. The van der Waals surface area contributed by atoms with E-state index in [4.69, 9.17) is 4.98 Å². The number of benzene rings is 4. The SMILES string of the molecule is CCN(Cc1ccccc1)S(=O)(=O)c1ccc(C(=O)N(Cc2ccccc2)c2nc3c(SC)cccc3s2)cc1. The van der Waals surface area contributed by atoms with Crippen molar-refractivity contribution < 1.29 is 13.2 Å². The number of rotatable bonds is 10. The second kappa shape index (κ2) is 12.3. The number of carbonyl (C=O) groups excluding carboxylic acids is 1. The van der Waals surface area contributed by atoms with Crippen molar-refractivity contribution in [2.75, 3.05) is 17.7 Å². The van der Waals surface area contributed by atoms with Crippen molar-refractivity contribution in [3.05, 3.63) is 120 Å². The highest BCUT2D eigenvalue weighted by atomic mass is 32.2. The number of aromatic nitrogens is 1. The highest BCUT2D eigenvalue weighted by Gasteiger charge is 2.26. The summed E-state index contributed by atoms with van der Waals surface area (Å²) >= 11 is 3.09. The molecule has 4 aromatic carbocycles. The van der Waals surface area contributed by atoms with E-state index in [1.165, 1.54) is 27.8 Å². The molecule has 204 valence electrons. The molecule has 0 radical (unpaired) electrons. The van der Waals surface area contributed by atoms with Crippen molar-refractivity contribution in [3.63, 3.8) is 0 Å². The van der Waals surface area contributed by atoms with Gasteiger partial charge in [0.2, 0.25) is 10.0 Å². The number of fused-ring (bicyclic) bond motifs is 1. The molecule has 0 fully saturated rings. The summed E-state index contributed by atoms with van der Waals surface area (Å²) in [5, 5.41) is 0.599. The van der Waals surface area contributed by atoms with Crippen LogP contribution in [0.3, 0.4) is 0 Å². The minimum atomic E-state index is -3.74. The highest BCUT2D eigenvalue weighted by molar-refractivity contribution is 7.98. The molecule has 0 aliphatic carbocycles. The first kappa shape index (κ1) is 28.0. The molecule has 0 saturated carbocycles. The van der Waals surface area contributed by atoms with Crippen LogP contribution in [-0.4, -0.2) is 36.4 Å². The monoisotopic (exact) mass is 587 g/mol. The third kappa shape index (κ3) is 5.97. The Morgan fingerprint density at radius 2 is 1.45 bits per heavy atom. The summed E-state index contributed by atoms with van der Waals surface area (Å²) < 4.78 is 29.3. The van der Waals surface area contributed by atoms with Crippen molar-refractivity contribution in [1.82, 2.24) is 9.29 Å². The maximum absolute atomic E-state index is 13.9. The zero-order valence-corrected chi connectivity index (χ0v) is 24.7. The van der Waals surface area contributed by atoms with E-state index in [1.807, 2.05) is 92.0 Å². The highest BCUT2D eigenvalue weighted by Crippen LogP contribution is 2.35. The van der Waals surface area contributed by atoms with Crippen molar-refractivity contribution >= 4 is 54.4 Å². The zero-order valence-electron chi connectivity index (χ0n) is 22.2. The van der Waals surface area contributed by atoms with Crippen LogP contribution in [0.4, 0.5) is 5.13 Å². The Hall–Kier alpha value is -3.50. The number of anilines is 1. The Morgan fingerprint density at radius 3 is 2.05 bits per heavy atom. The molecule has 0 unspecified atom stereocenters. The lowest BCUT2D eigenvalue weighted by molar-refractivity contribution is 0.0985. The Kier molecular flexibility index (Phi) is 8.66. The molecule has 1 heterocycles. The van der Waals surface area contributed by atoms with Gasteiger partial charge < -0.3 is 0 Å². The molecule has 0 N–H and O–H groups in total. The second-order valence-corrected chi connectivity index (χ2v) is 12.9. The second-order valence-electron chi connectivity index (χ2n) is 9.12. The maximum Gasteiger partial charge on any atom is 0.260 e. The summed E-state index contributed by atoms with van der Waals surface area (Å²) in [7, 11) is -3.74. The number of amides is 1. The molecule has 0 atom stereocenters. The van der Waals surface area contributed by atoms with Crippen LogP contribution in [0.1, 0.15) is 28.4 Å². The van der Waals surface area contributed by atoms with E-state index in [0.717, 1.165) is 26.2 Å². The number of hydrogen-bond acceptors (Lipinski definition) is 6. The van der Waals surface area contributed by atoms with Gasteiger partial charge >= 0.3 is 0 Å². The van der Waals surface area contributed by atoms with Gasteiger partial charge in [-0.25, -0.2) is 13.4 Å². The van der Waals surface area contributed by atoms with Gasteiger partial charge in [0.15, 0.2) is 5.13 Å². The molecule has 1 aromatic heterocycles. The quantitative estimate of drug-likeness (QED) is 0.163. The van der Waals surface area contributed by atoms with E-state index >= 15 is 0 Å². The summed E-state index contributed by atoms with van der Waals surface area (Å²) in [5.74, 6) is -0.241. The Balaban J connectivity index is 1.45. The third-order valence-electron chi connectivity index (χ3n) is 6.54. The number of thiazole rings is 1. The Bertz CT molecular complexity index is 1710. The number of thioether (sulfide) groups is 1. The summed E-state index contributed by atoms with van der Waals surface area (Å²) in [6, 6.07) is 31.5. The van der Waals surface area contributed by atoms with Crippen LogP contribution in [0.2, 0.25) is 0 Å². The van der Waals surface area contributed by atoms with Crippen molar-refractivity contribution in [2.24, 2.45) is 0 Å². The largest absolute Gasteiger partial charge is 0.279 e. The van der Waals surface area contributed by atoms with Gasteiger partial charge in [0.05, 0.1) is 21.7 Å². The normalized spacial score (nSPS) is 11.7. The minimum Gasteiger partial charge on any atom is -0.279 e. The molecule has 0 aliphatic rings. The van der Waals surface area contributed by atoms with Gasteiger partial charge in [0, 0.05) is 23.5 Å². The van der Waals surface area contributed by atoms with Gasteiger partial charge in [-0.3, -0.25) is 9.69 Å². The van der Waals surface area contributed by atoms with Crippen LogP contribution >= 0.6 is 23.1 Å². The van der Waals surface area contributed by atoms with Crippen LogP contribution in [-0.2, 0) is 23.1 Å². The lowest BCUT2D eigenvalue weighted by atomic mass is 10.1. The first-order valence-corrected chi connectivity index (χ1v) is 16.3.